The molecule has 0 atom stereocenters. The Balaban J connectivity index is -0.0000000375. The van der Waals surface area contributed by atoms with E-state index >= 15 is 0 Å². The van der Waals surface area contributed by atoms with E-state index < -0.39 is 0 Å². The molecule has 12 heteroatoms. The Labute approximate surface area is 142 Å². The molecule has 0 unspecified atom stereocenters. The molecule has 0 radical (unpaired) electrons. The number of halogens is 3. The molecular formula is C9H30F3N3O3S3. The molecule has 138 valence electrons. The highest BCUT2D eigenvalue weighted by molar-refractivity contribution is 7.78. The molecule has 0 fully saturated rings. The summed E-state index contributed by atoms with van der Waals surface area (Å²) in [6.45, 7) is 4.59. The third-order valence-corrected chi connectivity index (χ3v) is 1.92. The summed E-state index contributed by atoms with van der Waals surface area (Å²) in [7, 11) is 4.97. The van der Waals surface area contributed by atoms with Gasteiger partial charge in [-0.05, 0) is 0 Å². The zero-order chi connectivity index (χ0) is 14.5. The fourth-order valence-electron chi connectivity index (χ4n) is 0.443. The fourth-order valence-corrected chi connectivity index (χ4v) is 0.717. The quantitative estimate of drug-likeness (QED) is 0.261. The summed E-state index contributed by atoms with van der Waals surface area (Å²) in [5.74, 6) is 0. The first-order valence-corrected chi connectivity index (χ1v) is 6.66. The minimum Gasteiger partial charge on any atom is -0.383 e. The molecule has 0 rings (SSSR count). The SMILES string of the molecule is COCCNS.COCCNS.COCCNS.F.F.F. The van der Waals surface area contributed by atoms with Crippen LogP contribution >= 0.6 is 38.4 Å². The third-order valence-electron chi connectivity index (χ3n) is 1.25. The Bertz CT molecular complexity index is 99.7. The van der Waals surface area contributed by atoms with Crippen molar-refractivity contribution in [3.63, 3.8) is 0 Å². The van der Waals surface area contributed by atoms with Crippen molar-refractivity contribution in [2.75, 3.05) is 60.8 Å². The molecule has 0 spiro atoms. The Morgan fingerprint density at radius 2 is 0.762 bits per heavy atom. The second-order valence-corrected chi connectivity index (χ2v) is 3.65. The second kappa shape index (κ2) is 49.8. The lowest BCUT2D eigenvalue weighted by atomic mass is 10.7. The van der Waals surface area contributed by atoms with Crippen LogP contribution in [-0.4, -0.2) is 60.8 Å². The molecule has 0 aliphatic rings. The molecule has 0 saturated heterocycles. The first-order chi connectivity index (χ1) is 8.74. The second-order valence-electron chi connectivity index (χ2n) is 2.70. The van der Waals surface area contributed by atoms with Gasteiger partial charge in [0.25, 0.3) is 0 Å². The van der Waals surface area contributed by atoms with Crippen LogP contribution in [0.25, 0.3) is 0 Å². The standard InChI is InChI=1S/3C3H9NOS.3FH/c3*1-5-3-2-4-6;;;/h3*4,6H,2-3H2,1H3;3*1H. The van der Waals surface area contributed by atoms with E-state index in [1.165, 1.54) is 0 Å². The van der Waals surface area contributed by atoms with Crippen molar-refractivity contribution in [3.05, 3.63) is 0 Å². The van der Waals surface area contributed by atoms with Crippen molar-refractivity contribution in [1.29, 1.82) is 0 Å². The van der Waals surface area contributed by atoms with Crippen molar-refractivity contribution in [2.45, 2.75) is 0 Å². The molecule has 0 heterocycles. The number of rotatable bonds is 9. The van der Waals surface area contributed by atoms with Crippen LogP contribution in [0.3, 0.4) is 0 Å². The van der Waals surface area contributed by atoms with Gasteiger partial charge in [0.05, 0.1) is 19.8 Å². The average Bonchev–Trinajstić information content (AvgIpc) is 2.42. The maximum absolute atomic E-state index is 4.67. The van der Waals surface area contributed by atoms with Gasteiger partial charge in [-0.1, -0.05) is 38.4 Å². The van der Waals surface area contributed by atoms with Crippen LogP contribution in [0.4, 0.5) is 14.1 Å². The fraction of sp³-hybridized carbons (Fsp3) is 1.00. The van der Waals surface area contributed by atoms with Crippen molar-refractivity contribution >= 4 is 38.4 Å². The van der Waals surface area contributed by atoms with E-state index in [2.05, 4.69) is 66.8 Å². The van der Waals surface area contributed by atoms with Crippen LogP contribution in [0.5, 0.6) is 0 Å². The minimum absolute atomic E-state index is 0. The van der Waals surface area contributed by atoms with Gasteiger partial charge in [-0.2, -0.15) is 0 Å². The summed E-state index contributed by atoms with van der Waals surface area (Å²) < 4.78 is 21.9. The van der Waals surface area contributed by atoms with E-state index in [-0.39, 0.29) is 14.1 Å². The van der Waals surface area contributed by atoms with Gasteiger partial charge in [0.15, 0.2) is 0 Å². The van der Waals surface area contributed by atoms with Gasteiger partial charge in [-0.25, -0.2) is 0 Å². The first kappa shape index (κ1) is 37.7. The first-order valence-electron chi connectivity index (χ1n) is 5.32. The lowest BCUT2D eigenvalue weighted by Crippen LogP contribution is -2.06. The number of ether oxygens (including phenoxy) is 3. The molecule has 0 aromatic rings. The Kier molecular flexibility index (Phi) is 89.4. The molecule has 21 heavy (non-hydrogen) atoms. The number of nitrogens with one attached hydrogen (secondary N) is 3. The third kappa shape index (κ3) is 77.3. The highest BCUT2D eigenvalue weighted by Gasteiger charge is 1.74. The van der Waals surface area contributed by atoms with Crippen LogP contribution < -0.4 is 14.2 Å². The monoisotopic (exact) mass is 381 g/mol. The lowest BCUT2D eigenvalue weighted by molar-refractivity contribution is 0.205. The zero-order valence-electron chi connectivity index (χ0n) is 12.5. The van der Waals surface area contributed by atoms with Crippen LogP contribution in [0.2, 0.25) is 0 Å². The summed E-state index contributed by atoms with van der Waals surface area (Å²) in [6.07, 6.45) is 0. The van der Waals surface area contributed by atoms with Crippen molar-refractivity contribution in [3.8, 4) is 0 Å². The maximum Gasteiger partial charge on any atom is 0.0596 e. The molecule has 0 aliphatic heterocycles. The summed E-state index contributed by atoms with van der Waals surface area (Å²) in [4.78, 5) is 0. The molecule has 0 amide bonds. The van der Waals surface area contributed by atoms with E-state index in [1.807, 2.05) is 0 Å². The summed E-state index contributed by atoms with van der Waals surface area (Å²) in [5.41, 5.74) is 0. The van der Waals surface area contributed by atoms with Crippen LogP contribution in [0.15, 0.2) is 0 Å². The predicted molar refractivity (Wildman–Crippen MR) is 94.1 cm³/mol. The molecule has 3 N–H and O–H groups in total. The van der Waals surface area contributed by atoms with E-state index in [0.29, 0.717) is 0 Å². The molecule has 0 bridgehead atoms. The number of hydrogen-bond donors (Lipinski definition) is 6. The highest BCUT2D eigenvalue weighted by atomic mass is 32.1. The van der Waals surface area contributed by atoms with Gasteiger partial charge in [0.2, 0.25) is 0 Å². The van der Waals surface area contributed by atoms with Crippen LogP contribution in [0, 0.1) is 0 Å². The van der Waals surface area contributed by atoms with Crippen LogP contribution in [-0.2, 0) is 14.2 Å². The molecule has 0 aliphatic carbocycles. The Morgan fingerprint density at radius 1 is 0.571 bits per heavy atom. The predicted octanol–water partition coefficient (Wildman–Crippen LogP) is 0.659. The van der Waals surface area contributed by atoms with E-state index in [9.17, 15) is 0 Å². The topological polar surface area (TPSA) is 63.8 Å². The normalized spacial score (nSPS) is 7.71. The van der Waals surface area contributed by atoms with E-state index in [0.717, 1.165) is 39.5 Å². The van der Waals surface area contributed by atoms with Crippen molar-refractivity contribution < 1.29 is 28.3 Å². The number of methoxy groups -OCH3 is 3. The van der Waals surface area contributed by atoms with Gasteiger partial charge in [-0.3, -0.25) is 28.3 Å². The largest absolute Gasteiger partial charge is 0.383 e. The molecule has 6 nitrogen and oxygen atoms in total. The van der Waals surface area contributed by atoms with Gasteiger partial charge in [0, 0.05) is 41.0 Å². The summed E-state index contributed by atoms with van der Waals surface area (Å²) in [5, 5.41) is 0. The van der Waals surface area contributed by atoms with Gasteiger partial charge >= 0.3 is 0 Å². The Morgan fingerprint density at radius 3 is 0.810 bits per heavy atom. The molecular weight excluding hydrogens is 351 g/mol. The maximum atomic E-state index is 4.67. The molecule has 0 aromatic heterocycles. The van der Waals surface area contributed by atoms with E-state index in [4.69, 9.17) is 0 Å². The number of hydrogen-bond acceptors (Lipinski definition) is 9. The lowest BCUT2D eigenvalue weighted by Gasteiger charge is -1.91. The van der Waals surface area contributed by atoms with Crippen LogP contribution in [0.1, 0.15) is 0 Å². The average molecular weight is 382 g/mol. The van der Waals surface area contributed by atoms with E-state index in [1.54, 1.807) is 21.3 Å². The van der Waals surface area contributed by atoms with Gasteiger partial charge < -0.3 is 14.2 Å². The molecule has 0 saturated carbocycles. The summed E-state index contributed by atoms with van der Waals surface area (Å²) >= 11 is 11.2. The summed E-state index contributed by atoms with van der Waals surface area (Å²) in [6, 6.07) is 0. The van der Waals surface area contributed by atoms with Gasteiger partial charge in [-0.15, -0.1) is 0 Å². The Hall–Kier alpha value is 0.600. The highest BCUT2D eigenvalue weighted by Crippen LogP contribution is 1.63. The van der Waals surface area contributed by atoms with Crippen molar-refractivity contribution in [1.82, 2.24) is 14.2 Å². The zero-order valence-corrected chi connectivity index (χ0v) is 15.2. The smallest absolute Gasteiger partial charge is 0.0596 e. The van der Waals surface area contributed by atoms with Crippen molar-refractivity contribution in [2.24, 2.45) is 0 Å². The number of thiol groups is 3. The minimum atomic E-state index is 0. The molecule has 0 aromatic carbocycles. The van der Waals surface area contributed by atoms with Gasteiger partial charge in [0.1, 0.15) is 0 Å².